The van der Waals surface area contributed by atoms with Crippen molar-refractivity contribution < 1.29 is 67.2 Å². The number of phenolic OH excluding ortho intramolecular Hbond substituents is 1. The molecule has 3 aliphatic rings. The van der Waals surface area contributed by atoms with Gasteiger partial charge in [-0.1, -0.05) is 12.1 Å². The van der Waals surface area contributed by atoms with Gasteiger partial charge in [-0.15, -0.1) is 11.8 Å². The first-order chi connectivity index (χ1) is 34.4. The highest BCUT2D eigenvalue weighted by molar-refractivity contribution is 7.99. The molecule has 72 heavy (non-hydrogen) atoms. The number of aromatic amines is 1. The minimum absolute atomic E-state index is 0.00480. The van der Waals surface area contributed by atoms with Crippen molar-refractivity contribution in [2.24, 2.45) is 0 Å². The highest BCUT2D eigenvalue weighted by Gasteiger charge is 2.38. The Kier molecular flexibility index (Phi) is 15.2. The number of rotatable bonds is 18. The van der Waals surface area contributed by atoms with Crippen molar-refractivity contribution in [2.45, 2.75) is 55.9 Å². The number of hydrogen-bond acceptors (Lipinski definition) is 17. The van der Waals surface area contributed by atoms with Gasteiger partial charge in [0, 0.05) is 77.7 Å². The second-order valence-electron chi connectivity index (χ2n) is 16.4. The summed E-state index contributed by atoms with van der Waals surface area (Å²) >= 11 is 1.08. The van der Waals surface area contributed by atoms with E-state index in [1.54, 1.807) is 24.3 Å². The van der Waals surface area contributed by atoms with Gasteiger partial charge in [-0.2, -0.15) is 0 Å². The number of aromatic hydroxyl groups is 3. The van der Waals surface area contributed by atoms with Gasteiger partial charge in [0.1, 0.15) is 29.4 Å². The van der Waals surface area contributed by atoms with Crippen LogP contribution in [0.2, 0.25) is 0 Å². The molecule has 0 radical (unpaired) electrons. The van der Waals surface area contributed by atoms with E-state index >= 15 is 0 Å². The standard InChI is InChI=1S/C48H46N5O17PS/c1-25-23-52(48(64)49-44(25)59)42-21-35(56)38(70-42)24-68-71(65,66-2)67-16-17-72-39-22-41(58)53(46(39)61)28-9-6-26(7-10-28)4-3-5-40(57)50-51-45(60)27-8-13-31(47(62)63)34(18-27)43-32-14-11-29(54)19-36(32)69-37-20-30(55)12-15-33(37)43/h6-15,18-20,22-23,35,38,42,54,56,58,61H,3-5,16-17,21,24H2,1-2H3,(H,50,57)(H,51,60)(H,62,63)(H,49,59,64)/t35-,38-,42-,71?/m1/s1. The molecule has 0 saturated carbocycles. The van der Waals surface area contributed by atoms with Gasteiger partial charge in [0.2, 0.25) is 11.8 Å². The Hall–Kier alpha value is -7.50. The molecule has 0 spiro atoms. The number of phenols is 1. The Morgan fingerprint density at radius 2 is 1.71 bits per heavy atom. The number of hydrazine groups is 1. The molecular formula is C48H46N5O17PS. The molecule has 1 fully saturated rings. The van der Waals surface area contributed by atoms with E-state index in [0.717, 1.165) is 29.0 Å². The fraction of sp³-hybridized carbons (Fsp3) is 0.250. The molecule has 4 atom stereocenters. The van der Waals surface area contributed by atoms with Crippen LogP contribution >= 0.6 is 19.6 Å². The van der Waals surface area contributed by atoms with E-state index < -0.39 is 61.9 Å². The molecule has 0 bridgehead atoms. The van der Waals surface area contributed by atoms with E-state index in [-0.39, 0.29) is 86.6 Å². The quantitative estimate of drug-likeness (QED) is 0.0177. The smallest absolute Gasteiger partial charge is 0.474 e. The number of ether oxygens (including phenoxy) is 1. The Morgan fingerprint density at radius 3 is 2.46 bits per heavy atom. The number of carbonyl (C=O) groups excluding carboxylic acids is 2. The number of aromatic nitrogens is 3. The summed E-state index contributed by atoms with van der Waals surface area (Å²) in [5.74, 6) is -2.93. The van der Waals surface area contributed by atoms with Crippen LogP contribution in [0.15, 0.2) is 115 Å². The summed E-state index contributed by atoms with van der Waals surface area (Å²) in [5, 5.41) is 52.9. The number of carboxylic acid groups (broad SMARTS) is 1. The number of phosphoric acid groups is 1. The van der Waals surface area contributed by atoms with E-state index in [0.29, 0.717) is 35.0 Å². The summed E-state index contributed by atoms with van der Waals surface area (Å²) in [5.41, 5.74) is 5.54. The van der Waals surface area contributed by atoms with E-state index in [2.05, 4.69) is 15.8 Å². The largest absolute Gasteiger partial charge is 0.508 e. The van der Waals surface area contributed by atoms with Gasteiger partial charge >= 0.3 is 19.5 Å². The summed E-state index contributed by atoms with van der Waals surface area (Å²) in [6.45, 7) is 0.914. The molecule has 2 aliphatic heterocycles. The van der Waals surface area contributed by atoms with Gasteiger partial charge in [0.25, 0.3) is 11.5 Å². The van der Waals surface area contributed by atoms with Crippen molar-refractivity contribution in [3.63, 3.8) is 0 Å². The number of nitrogens with zero attached hydrogens (tertiary/aromatic N) is 2. The molecule has 1 saturated heterocycles. The molecule has 2 amide bonds. The Balaban J connectivity index is 0.808. The van der Waals surface area contributed by atoms with Gasteiger partial charge in [0.15, 0.2) is 11.3 Å². The molecule has 24 heteroatoms. The number of carboxylic acids is 1. The predicted molar refractivity (Wildman–Crippen MR) is 259 cm³/mol. The van der Waals surface area contributed by atoms with E-state index in [4.69, 9.17) is 22.7 Å². The first kappa shape index (κ1) is 50.9. The lowest BCUT2D eigenvalue weighted by Gasteiger charge is -2.20. The minimum atomic E-state index is -4.15. The number of fused-ring (bicyclic) bond motifs is 2. The van der Waals surface area contributed by atoms with Crippen molar-refractivity contribution in [3.8, 4) is 45.6 Å². The number of aromatic carboxylic acids is 1. The highest BCUT2D eigenvalue weighted by Crippen LogP contribution is 2.50. The zero-order valence-electron chi connectivity index (χ0n) is 38.2. The zero-order chi connectivity index (χ0) is 51.4. The average Bonchev–Trinajstić information content (AvgIpc) is 3.87. The second kappa shape index (κ2) is 21.5. The number of aryl methyl sites for hydroxylation is 2. The van der Waals surface area contributed by atoms with Crippen molar-refractivity contribution in [1.29, 1.82) is 0 Å². The topological polar surface area (TPSA) is 320 Å². The van der Waals surface area contributed by atoms with Crippen LogP contribution in [0, 0.1) is 6.92 Å². The third-order valence-corrected chi connectivity index (χ3v) is 14.0. The maximum atomic E-state index is 13.3. The lowest BCUT2D eigenvalue weighted by atomic mass is 9.89. The molecule has 22 nitrogen and oxygen atoms in total. The van der Waals surface area contributed by atoms with Gasteiger partial charge in [-0.3, -0.25) is 57.7 Å². The van der Waals surface area contributed by atoms with E-state index in [1.807, 2.05) is 0 Å². The second-order valence-corrected chi connectivity index (χ2v) is 19.4. The molecule has 376 valence electrons. The fourth-order valence-corrected chi connectivity index (χ4v) is 9.87. The average molecular weight is 1030 g/mol. The molecular weight excluding hydrogens is 982 g/mol. The number of phosphoric ester groups is 1. The fourth-order valence-electron chi connectivity index (χ4n) is 8.02. The summed E-state index contributed by atoms with van der Waals surface area (Å²) in [7, 11) is -3.04. The number of H-pyrrole nitrogens is 1. The molecule has 1 aliphatic carbocycles. The van der Waals surface area contributed by atoms with Gasteiger partial charge in [-0.05, 0) is 85.5 Å². The number of hydrogen-bond donors (Lipinski definition) is 8. The Bertz CT molecular complexity index is 3410. The van der Waals surface area contributed by atoms with Crippen molar-refractivity contribution in [2.75, 3.05) is 26.1 Å². The highest BCUT2D eigenvalue weighted by atomic mass is 32.2. The third kappa shape index (κ3) is 11.2. The maximum Gasteiger partial charge on any atom is 0.474 e. The summed E-state index contributed by atoms with van der Waals surface area (Å²) in [6.07, 6.45) is -0.873. The van der Waals surface area contributed by atoms with Crippen LogP contribution in [0.1, 0.15) is 57.3 Å². The number of aliphatic hydroxyl groups is 1. The van der Waals surface area contributed by atoms with Gasteiger partial charge in [0.05, 0.1) is 35.5 Å². The molecule has 3 aromatic carbocycles. The molecule has 4 heterocycles. The summed E-state index contributed by atoms with van der Waals surface area (Å²) in [6, 6.07) is 20.4. The SMILES string of the molecule is COP(=O)(OCCSc1cc(O)n(-c2ccc(CCCC(=O)NNC(=O)c3ccc(C(=O)O)c(-c4c5ccc(=O)cc-5oc5cc(O)ccc45)c3)cc2)c1O)OC[C@H]1O[C@@H](n2cc(C)c(=O)[nH]c2=O)C[C@H]1O. The van der Waals surface area contributed by atoms with Crippen LogP contribution in [-0.2, 0) is 34.1 Å². The van der Waals surface area contributed by atoms with Crippen LogP contribution < -0.4 is 27.5 Å². The van der Waals surface area contributed by atoms with Gasteiger partial charge < -0.3 is 34.7 Å². The van der Waals surface area contributed by atoms with Gasteiger partial charge in [-0.25, -0.2) is 14.2 Å². The Labute approximate surface area is 411 Å². The van der Waals surface area contributed by atoms with Crippen molar-refractivity contribution in [3.05, 3.63) is 144 Å². The molecule has 5 aromatic rings. The van der Waals surface area contributed by atoms with Crippen molar-refractivity contribution >= 4 is 48.3 Å². The molecule has 8 N–H and O–H groups in total. The normalized spacial score (nSPS) is 16.5. The minimum Gasteiger partial charge on any atom is -0.508 e. The molecule has 2 aromatic heterocycles. The number of benzene rings is 4. The first-order valence-electron chi connectivity index (χ1n) is 22.0. The summed E-state index contributed by atoms with van der Waals surface area (Å²) in [4.78, 5) is 77.2. The molecule has 1 unspecified atom stereocenters. The monoisotopic (exact) mass is 1030 g/mol. The van der Waals surface area contributed by atoms with Crippen molar-refractivity contribution in [1.82, 2.24) is 25.0 Å². The Morgan fingerprint density at radius 1 is 0.931 bits per heavy atom. The van der Waals surface area contributed by atoms with Crippen LogP contribution in [0.25, 0.3) is 39.1 Å². The van der Waals surface area contributed by atoms with E-state index in [9.17, 15) is 58.9 Å². The lowest BCUT2D eigenvalue weighted by molar-refractivity contribution is -0.121. The van der Waals surface area contributed by atoms with E-state index in [1.165, 1.54) is 78.4 Å². The predicted octanol–water partition coefficient (Wildman–Crippen LogP) is 5.34. The number of aliphatic hydroxyl groups excluding tert-OH is 1. The summed E-state index contributed by atoms with van der Waals surface area (Å²) < 4.78 is 42.9. The molecule has 8 rings (SSSR count). The van der Waals surface area contributed by atoms with Crippen LogP contribution in [-0.4, -0.2) is 95.7 Å². The van der Waals surface area contributed by atoms with Crippen LogP contribution in [0.5, 0.6) is 17.5 Å². The third-order valence-electron chi connectivity index (χ3n) is 11.6. The number of thioether (sulfide) groups is 1. The zero-order valence-corrected chi connectivity index (χ0v) is 39.9. The first-order valence-corrected chi connectivity index (χ1v) is 24.5. The van der Waals surface area contributed by atoms with Crippen LogP contribution in [0.3, 0.4) is 0 Å². The number of amides is 2. The number of carbonyl (C=O) groups is 3. The maximum absolute atomic E-state index is 13.3. The number of nitrogens with one attached hydrogen (secondary N) is 3. The van der Waals surface area contributed by atoms with Crippen LogP contribution in [0.4, 0.5) is 0 Å². The lowest BCUT2D eigenvalue weighted by Crippen LogP contribution is -2.41.